The molecule has 4 rings (SSSR count). The van der Waals surface area contributed by atoms with E-state index in [2.05, 4.69) is 31.2 Å². The Morgan fingerprint density at radius 1 is 0.652 bits per heavy atom. The molecule has 0 aromatic carbocycles. The average Bonchev–Trinajstić information content (AvgIpc) is 3.05. The van der Waals surface area contributed by atoms with Gasteiger partial charge in [0.05, 0.1) is 0 Å². The molecule has 0 bridgehead atoms. The van der Waals surface area contributed by atoms with E-state index in [9.17, 15) is 41.1 Å². The molecule has 4 amide bonds. The first-order valence-corrected chi connectivity index (χ1v) is 15.1. The molecule has 0 aliphatic heterocycles. The van der Waals surface area contributed by atoms with Gasteiger partial charge < -0.3 is 21.3 Å². The average molecular weight is 653 g/mol. The van der Waals surface area contributed by atoms with Crippen LogP contribution in [0.3, 0.4) is 0 Å². The van der Waals surface area contributed by atoms with Crippen LogP contribution in [0.25, 0.3) is 0 Å². The first kappa shape index (κ1) is 34.7. The van der Waals surface area contributed by atoms with Crippen molar-refractivity contribution in [2.45, 2.75) is 57.0 Å². The van der Waals surface area contributed by atoms with Gasteiger partial charge in [-0.3, -0.25) is 24.2 Å². The van der Waals surface area contributed by atoms with Crippen molar-refractivity contribution in [3.05, 3.63) is 59.7 Å². The van der Waals surface area contributed by atoms with Gasteiger partial charge in [0, 0.05) is 63.0 Å². The summed E-state index contributed by atoms with van der Waals surface area (Å²) in [5.74, 6) is -6.60. The highest BCUT2D eigenvalue weighted by atomic mass is 19.2. The lowest BCUT2D eigenvalue weighted by Gasteiger charge is -2.37. The van der Waals surface area contributed by atoms with Crippen molar-refractivity contribution in [3.8, 4) is 0 Å². The van der Waals surface area contributed by atoms with Crippen molar-refractivity contribution in [3.63, 3.8) is 0 Å². The fourth-order valence-corrected chi connectivity index (χ4v) is 5.81. The van der Waals surface area contributed by atoms with Gasteiger partial charge in [0.1, 0.15) is 47.9 Å². The van der Waals surface area contributed by atoms with Gasteiger partial charge in [-0.15, -0.1) is 0 Å². The van der Waals surface area contributed by atoms with Gasteiger partial charge in [-0.1, -0.05) is 12.1 Å². The third kappa shape index (κ3) is 8.75. The van der Waals surface area contributed by atoms with Crippen LogP contribution in [0, 0.1) is 23.7 Å². The maximum absolute atomic E-state index is 15.0. The first-order chi connectivity index (χ1) is 22.0. The Morgan fingerprint density at radius 3 is 1.72 bits per heavy atom. The predicted molar refractivity (Wildman–Crippen MR) is 156 cm³/mol. The molecule has 0 spiro atoms. The number of pyridine rings is 2. The number of halogens is 5. The Morgan fingerprint density at radius 2 is 1.15 bits per heavy atom. The number of nitrogens with one attached hydrogen (secondary N) is 4. The van der Waals surface area contributed by atoms with E-state index in [1.54, 1.807) is 12.1 Å². The molecule has 0 saturated heterocycles. The van der Waals surface area contributed by atoms with Gasteiger partial charge in [0.25, 0.3) is 17.7 Å². The number of amides is 4. The smallest absolute Gasteiger partial charge is 0.269 e. The summed E-state index contributed by atoms with van der Waals surface area (Å²) in [6.07, 6.45) is -8.17. The van der Waals surface area contributed by atoms with Gasteiger partial charge in [-0.05, 0) is 43.5 Å². The molecule has 15 heteroatoms. The van der Waals surface area contributed by atoms with Gasteiger partial charge in [0.15, 0.2) is 0 Å². The van der Waals surface area contributed by atoms with Crippen molar-refractivity contribution in [1.82, 2.24) is 31.2 Å². The van der Waals surface area contributed by atoms with Crippen LogP contribution >= 0.6 is 0 Å². The third-order valence-electron chi connectivity index (χ3n) is 8.54. The van der Waals surface area contributed by atoms with E-state index in [4.69, 9.17) is 0 Å². The monoisotopic (exact) mass is 652 g/mol. The van der Waals surface area contributed by atoms with Crippen molar-refractivity contribution < 1.29 is 41.1 Å². The van der Waals surface area contributed by atoms with Gasteiger partial charge in [-0.25, -0.2) is 26.9 Å². The van der Waals surface area contributed by atoms with E-state index in [1.165, 1.54) is 37.4 Å². The molecule has 10 nitrogen and oxygen atoms in total. The fourth-order valence-electron chi connectivity index (χ4n) is 5.81. The number of hydrogen-bond donors (Lipinski definition) is 4. The number of aromatic nitrogens is 2. The summed E-state index contributed by atoms with van der Waals surface area (Å²) in [5.41, 5.74) is -0.352. The summed E-state index contributed by atoms with van der Waals surface area (Å²) in [6, 6.07) is 8.58. The number of rotatable bonds is 11. The summed E-state index contributed by atoms with van der Waals surface area (Å²) in [5, 5.41) is 9.78. The zero-order chi connectivity index (χ0) is 33.4. The van der Waals surface area contributed by atoms with E-state index >= 15 is 0 Å². The Bertz CT molecular complexity index is 1370. The summed E-state index contributed by atoms with van der Waals surface area (Å²) >= 11 is 0. The summed E-state index contributed by atoms with van der Waals surface area (Å²) < 4.78 is 74.1. The quantitative estimate of drug-likeness (QED) is 0.275. The predicted octanol–water partition coefficient (Wildman–Crippen LogP) is 2.86. The Labute approximate surface area is 262 Å². The second kappa shape index (κ2) is 15.9. The lowest BCUT2D eigenvalue weighted by Crippen LogP contribution is -2.51. The minimum absolute atomic E-state index is 0.0231. The first-order valence-electron chi connectivity index (χ1n) is 15.1. The fraction of sp³-hybridized carbons (Fsp3) is 0.548. The third-order valence-corrected chi connectivity index (χ3v) is 8.54. The Balaban J connectivity index is 1.25. The Hall–Kier alpha value is -4.17. The number of hydrogen-bond acceptors (Lipinski definition) is 6. The molecule has 2 heterocycles. The molecular weight excluding hydrogens is 615 g/mol. The van der Waals surface area contributed by atoms with Crippen LogP contribution in [0.5, 0.6) is 0 Å². The van der Waals surface area contributed by atoms with Crippen molar-refractivity contribution in [2.24, 2.45) is 23.7 Å². The molecule has 2 saturated carbocycles. The van der Waals surface area contributed by atoms with Gasteiger partial charge >= 0.3 is 0 Å². The standard InChI is InChI=1S/C31H37F5N6O4/c1-16(43)38-12-17-8-9-18(26(34)25(17)33)13-39-30(45)23-6-4-7-24(42-23)31(46)41-15-20-21(32)11-19(27(35)28(20)36)14-40-29(44)22-5-2-3-10-37-22/h2-7,10,17-21,25-28H,8-9,11-15H2,1H3,(H,38,43)(H,39,45)(H,40,44)(H,41,46)/t17-,18+,19-,20-,21-,25+,26-,27+,28-/m0/s1. The molecule has 2 fully saturated rings. The van der Waals surface area contributed by atoms with Crippen molar-refractivity contribution in [1.29, 1.82) is 0 Å². The minimum atomic E-state index is -2.26. The normalized spacial score (nSPS) is 29.3. The second-order valence-electron chi connectivity index (χ2n) is 11.7. The van der Waals surface area contributed by atoms with Crippen LogP contribution < -0.4 is 21.3 Å². The molecule has 2 aliphatic carbocycles. The molecule has 4 N–H and O–H groups in total. The number of carbonyl (C=O) groups is 4. The molecule has 9 atom stereocenters. The summed E-state index contributed by atoms with van der Waals surface area (Å²) in [7, 11) is 0. The van der Waals surface area contributed by atoms with Crippen molar-refractivity contribution in [2.75, 3.05) is 26.2 Å². The lowest BCUT2D eigenvalue weighted by molar-refractivity contribution is -0.119. The second-order valence-corrected chi connectivity index (χ2v) is 11.7. The number of alkyl halides is 5. The van der Waals surface area contributed by atoms with Crippen molar-refractivity contribution >= 4 is 23.6 Å². The van der Waals surface area contributed by atoms with Crippen LogP contribution in [-0.2, 0) is 4.79 Å². The highest BCUT2D eigenvalue weighted by Crippen LogP contribution is 2.36. The van der Waals surface area contributed by atoms with E-state index < -0.39 is 78.8 Å². The molecule has 2 aliphatic rings. The molecular formula is C31H37F5N6O4. The maximum Gasteiger partial charge on any atom is 0.269 e. The molecule has 250 valence electrons. The summed E-state index contributed by atoms with van der Waals surface area (Å²) in [6.45, 7) is 0.293. The highest BCUT2D eigenvalue weighted by molar-refractivity contribution is 5.96. The molecule has 0 unspecified atom stereocenters. The summed E-state index contributed by atoms with van der Waals surface area (Å²) in [4.78, 5) is 56.5. The molecule has 0 radical (unpaired) electrons. The number of nitrogens with zero attached hydrogens (tertiary/aromatic N) is 2. The van der Waals surface area contributed by atoms with Crippen LogP contribution in [0.4, 0.5) is 22.0 Å². The number of carbonyl (C=O) groups excluding carboxylic acids is 4. The van der Waals surface area contributed by atoms with E-state index in [-0.39, 0.29) is 55.5 Å². The van der Waals surface area contributed by atoms with Crippen LogP contribution in [0.15, 0.2) is 42.6 Å². The zero-order valence-electron chi connectivity index (χ0n) is 25.1. The minimum Gasteiger partial charge on any atom is -0.356 e. The van der Waals surface area contributed by atoms with Crippen LogP contribution in [0.2, 0.25) is 0 Å². The van der Waals surface area contributed by atoms with E-state index in [0.717, 1.165) is 0 Å². The molecule has 46 heavy (non-hydrogen) atoms. The SMILES string of the molecule is CC(=O)NC[C@@H]1CC[C@H](CNC(=O)c2cccc(C(=O)NC[C@@H]3[C@H](F)[C@H](F)[C@H](CNC(=O)c4ccccn4)C[C@@H]3F)n2)[C@H](F)[C@@H]1F. The van der Waals surface area contributed by atoms with Crippen LogP contribution in [-0.4, -0.2) is 90.6 Å². The van der Waals surface area contributed by atoms with Gasteiger partial charge in [-0.2, -0.15) is 0 Å². The topological polar surface area (TPSA) is 142 Å². The lowest BCUT2D eigenvalue weighted by atomic mass is 9.77. The molecule has 2 aromatic heterocycles. The van der Waals surface area contributed by atoms with E-state index in [0.29, 0.717) is 6.42 Å². The molecule has 2 aromatic rings. The largest absolute Gasteiger partial charge is 0.356 e. The Kier molecular flexibility index (Phi) is 12.0. The van der Waals surface area contributed by atoms with E-state index in [1.807, 2.05) is 0 Å². The highest BCUT2D eigenvalue weighted by Gasteiger charge is 2.46. The zero-order valence-corrected chi connectivity index (χ0v) is 25.1. The maximum atomic E-state index is 15.0. The van der Waals surface area contributed by atoms with Crippen LogP contribution in [0.1, 0.15) is 57.7 Å². The van der Waals surface area contributed by atoms with Gasteiger partial charge in [0.2, 0.25) is 5.91 Å².